The maximum Gasteiger partial charge on any atom is 0.0499 e. The Kier molecular flexibility index (Phi) is 5.40. The first-order chi connectivity index (χ1) is 10.0. The number of likely N-dealkylation sites (N-methyl/N-ethyl adjacent to an activating group) is 1. The molecular formula is C18H23ClN2. The van der Waals surface area contributed by atoms with Gasteiger partial charge < -0.3 is 5.73 Å². The van der Waals surface area contributed by atoms with Crippen molar-refractivity contribution in [3.63, 3.8) is 0 Å². The summed E-state index contributed by atoms with van der Waals surface area (Å²) >= 11 is 6.34. The van der Waals surface area contributed by atoms with Crippen LogP contribution >= 0.6 is 11.6 Å². The molecule has 0 saturated carbocycles. The fraction of sp³-hybridized carbons (Fsp3) is 0.333. The second-order valence-corrected chi connectivity index (χ2v) is 5.98. The predicted molar refractivity (Wildman–Crippen MR) is 90.5 cm³/mol. The highest BCUT2D eigenvalue weighted by atomic mass is 35.5. The molecule has 0 aliphatic rings. The number of nitrogens with zero attached hydrogens (tertiary/aromatic N) is 1. The largest absolute Gasteiger partial charge is 0.326 e. The van der Waals surface area contributed by atoms with Crippen LogP contribution in [0.5, 0.6) is 0 Å². The van der Waals surface area contributed by atoms with Crippen LogP contribution in [0.1, 0.15) is 37.1 Å². The number of rotatable bonds is 5. The minimum Gasteiger partial charge on any atom is -0.326 e. The molecule has 112 valence electrons. The lowest BCUT2D eigenvalue weighted by Gasteiger charge is -2.36. The molecule has 3 atom stereocenters. The van der Waals surface area contributed by atoms with Gasteiger partial charge in [0.25, 0.3) is 0 Å². The zero-order valence-corrected chi connectivity index (χ0v) is 13.6. The van der Waals surface area contributed by atoms with Gasteiger partial charge in [-0.25, -0.2) is 0 Å². The molecule has 3 unspecified atom stereocenters. The summed E-state index contributed by atoms with van der Waals surface area (Å²) in [5, 5.41) is 0.799. The zero-order valence-electron chi connectivity index (χ0n) is 12.8. The third kappa shape index (κ3) is 3.65. The van der Waals surface area contributed by atoms with Crippen LogP contribution in [-0.2, 0) is 0 Å². The molecule has 2 aromatic rings. The molecule has 3 heteroatoms. The van der Waals surface area contributed by atoms with E-state index in [1.807, 2.05) is 31.2 Å². The lowest BCUT2D eigenvalue weighted by Crippen LogP contribution is -2.38. The third-order valence-corrected chi connectivity index (χ3v) is 4.39. The molecule has 0 radical (unpaired) electrons. The average molecular weight is 303 g/mol. The molecule has 2 nitrogen and oxygen atoms in total. The Labute approximate surface area is 132 Å². The summed E-state index contributed by atoms with van der Waals surface area (Å²) in [4.78, 5) is 2.29. The van der Waals surface area contributed by atoms with Gasteiger partial charge in [-0.2, -0.15) is 0 Å². The highest BCUT2D eigenvalue weighted by molar-refractivity contribution is 6.31. The second-order valence-electron chi connectivity index (χ2n) is 5.58. The number of halogens is 1. The van der Waals surface area contributed by atoms with Crippen molar-refractivity contribution in [2.75, 3.05) is 7.05 Å². The summed E-state index contributed by atoms with van der Waals surface area (Å²) in [6.45, 7) is 4.22. The first-order valence-corrected chi connectivity index (χ1v) is 7.67. The molecule has 0 aliphatic heterocycles. The van der Waals surface area contributed by atoms with E-state index in [-0.39, 0.29) is 18.1 Å². The average Bonchev–Trinajstić information content (AvgIpc) is 2.48. The van der Waals surface area contributed by atoms with E-state index in [2.05, 4.69) is 49.2 Å². The Balaban J connectivity index is 2.31. The van der Waals surface area contributed by atoms with E-state index in [1.54, 1.807) is 0 Å². The monoisotopic (exact) mass is 302 g/mol. The van der Waals surface area contributed by atoms with E-state index >= 15 is 0 Å². The van der Waals surface area contributed by atoms with Crippen molar-refractivity contribution in [2.45, 2.75) is 32.0 Å². The van der Waals surface area contributed by atoms with E-state index in [9.17, 15) is 0 Å². The summed E-state index contributed by atoms with van der Waals surface area (Å²) in [6, 6.07) is 18.8. The van der Waals surface area contributed by atoms with Gasteiger partial charge in [-0.15, -0.1) is 0 Å². The number of nitrogens with two attached hydrogens (primary N) is 1. The summed E-state index contributed by atoms with van der Waals surface area (Å²) in [6.07, 6.45) is 0. The Morgan fingerprint density at radius 2 is 1.52 bits per heavy atom. The highest BCUT2D eigenvalue weighted by Crippen LogP contribution is 2.33. The van der Waals surface area contributed by atoms with E-state index < -0.39 is 0 Å². The SMILES string of the molecule is CC(N)C(c1ccccc1)N(C)C(C)c1ccccc1Cl. The fourth-order valence-electron chi connectivity index (χ4n) is 2.83. The first-order valence-electron chi connectivity index (χ1n) is 7.29. The number of hydrogen-bond acceptors (Lipinski definition) is 2. The molecule has 2 aromatic carbocycles. The number of hydrogen-bond donors (Lipinski definition) is 1. The normalized spacial score (nSPS) is 15.7. The molecule has 2 N–H and O–H groups in total. The first kappa shape index (κ1) is 16.0. The zero-order chi connectivity index (χ0) is 15.4. The quantitative estimate of drug-likeness (QED) is 0.886. The summed E-state index contributed by atoms with van der Waals surface area (Å²) in [5.41, 5.74) is 8.61. The highest BCUT2D eigenvalue weighted by Gasteiger charge is 2.26. The van der Waals surface area contributed by atoms with E-state index in [1.165, 1.54) is 5.56 Å². The minimum atomic E-state index is 0.0299. The van der Waals surface area contributed by atoms with Gasteiger partial charge in [0.1, 0.15) is 0 Å². The predicted octanol–water partition coefficient (Wildman–Crippen LogP) is 4.42. The van der Waals surface area contributed by atoms with Gasteiger partial charge in [-0.3, -0.25) is 4.90 Å². The van der Waals surface area contributed by atoms with E-state index in [4.69, 9.17) is 17.3 Å². The molecule has 0 fully saturated rings. The van der Waals surface area contributed by atoms with Gasteiger partial charge in [0.05, 0.1) is 0 Å². The molecule has 21 heavy (non-hydrogen) atoms. The van der Waals surface area contributed by atoms with Gasteiger partial charge in [0.15, 0.2) is 0 Å². The maximum absolute atomic E-state index is 6.34. The van der Waals surface area contributed by atoms with Crippen LogP contribution in [0.25, 0.3) is 0 Å². The molecule has 0 saturated heterocycles. The lowest BCUT2D eigenvalue weighted by atomic mass is 9.96. The Hall–Kier alpha value is -1.35. The van der Waals surface area contributed by atoms with Crippen LogP contribution in [0.3, 0.4) is 0 Å². The molecular weight excluding hydrogens is 280 g/mol. The van der Waals surface area contributed by atoms with Crippen molar-refractivity contribution in [2.24, 2.45) is 5.73 Å². The van der Waals surface area contributed by atoms with Crippen molar-refractivity contribution in [3.8, 4) is 0 Å². The second kappa shape index (κ2) is 7.08. The van der Waals surface area contributed by atoms with Crippen LogP contribution in [0.15, 0.2) is 54.6 Å². The Morgan fingerprint density at radius 1 is 0.952 bits per heavy atom. The van der Waals surface area contributed by atoms with Crippen LogP contribution in [0.2, 0.25) is 5.02 Å². The molecule has 0 aliphatic carbocycles. The van der Waals surface area contributed by atoms with Gasteiger partial charge >= 0.3 is 0 Å². The Morgan fingerprint density at radius 3 is 2.10 bits per heavy atom. The fourth-order valence-corrected chi connectivity index (χ4v) is 3.13. The molecule has 0 heterocycles. The molecule has 0 bridgehead atoms. The van der Waals surface area contributed by atoms with Crippen molar-refractivity contribution in [3.05, 3.63) is 70.7 Å². The van der Waals surface area contributed by atoms with Crippen molar-refractivity contribution in [1.29, 1.82) is 0 Å². The van der Waals surface area contributed by atoms with Crippen LogP contribution in [-0.4, -0.2) is 18.0 Å². The van der Waals surface area contributed by atoms with Crippen molar-refractivity contribution >= 4 is 11.6 Å². The summed E-state index contributed by atoms with van der Waals surface area (Å²) in [7, 11) is 2.11. The minimum absolute atomic E-state index is 0.0299. The van der Waals surface area contributed by atoms with Crippen LogP contribution in [0, 0.1) is 0 Å². The van der Waals surface area contributed by atoms with Crippen LogP contribution in [0.4, 0.5) is 0 Å². The van der Waals surface area contributed by atoms with Gasteiger partial charge in [-0.05, 0) is 38.1 Å². The van der Waals surface area contributed by atoms with E-state index in [0.717, 1.165) is 10.6 Å². The molecule has 0 spiro atoms. The number of benzene rings is 2. The molecule has 0 amide bonds. The van der Waals surface area contributed by atoms with Crippen LogP contribution < -0.4 is 5.73 Å². The lowest BCUT2D eigenvalue weighted by molar-refractivity contribution is 0.166. The van der Waals surface area contributed by atoms with Gasteiger partial charge in [0, 0.05) is 23.1 Å². The van der Waals surface area contributed by atoms with Gasteiger partial charge in [-0.1, -0.05) is 60.1 Å². The summed E-state index contributed by atoms with van der Waals surface area (Å²) < 4.78 is 0. The summed E-state index contributed by atoms with van der Waals surface area (Å²) in [5.74, 6) is 0. The third-order valence-electron chi connectivity index (χ3n) is 4.04. The van der Waals surface area contributed by atoms with Gasteiger partial charge in [0.2, 0.25) is 0 Å². The standard InChI is InChI=1S/C18H23ClN2/c1-13(20)18(15-9-5-4-6-10-15)21(3)14(2)16-11-7-8-12-17(16)19/h4-14,18H,20H2,1-3H3. The molecule has 0 aromatic heterocycles. The van der Waals surface area contributed by atoms with E-state index in [0.29, 0.717) is 0 Å². The van der Waals surface area contributed by atoms with Crippen molar-refractivity contribution in [1.82, 2.24) is 4.90 Å². The smallest absolute Gasteiger partial charge is 0.0499 e. The maximum atomic E-state index is 6.34. The molecule has 2 rings (SSSR count). The van der Waals surface area contributed by atoms with Crippen molar-refractivity contribution < 1.29 is 0 Å². The topological polar surface area (TPSA) is 29.3 Å². The Bertz CT molecular complexity index is 568.